The van der Waals surface area contributed by atoms with E-state index >= 15 is 0 Å². The molecule has 0 bridgehead atoms. The van der Waals surface area contributed by atoms with Crippen LogP contribution in [0.15, 0.2) is 0 Å². The summed E-state index contributed by atoms with van der Waals surface area (Å²) >= 11 is 1.34. The van der Waals surface area contributed by atoms with Gasteiger partial charge in [0, 0.05) is 20.1 Å². The molecule has 0 heterocycles. The number of thioether (sulfide) groups is 1. The summed E-state index contributed by atoms with van der Waals surface area (Å²) in [6.07, 6.45) is 1.72. The van der Waals surface area contributed by atoms with Crippen LogP contribution in [0.25, 0.3) is 0 Å². The van der Waals surface area contributed by atoms with Gasteiger partial charge in [-0.3, -0.25) is 9.35 Å². The molecular formula is C8H19N3O6S3. The third-order valence-corrected chi connectivity index (χ3v) is 5.16. The molecule has 1 atom stereocenters. The van der Waals surface area contributed by atoms with E-state index in [0.717, 1.165) is 0 Å². The molecule has 0 saturated heterocycles. The number of carbonyl (C=O) groups is 1. The number of rotatable bonds is 10. The van der Waals surface area contributed by atoms with E-state index in [0.29, 0.717) is 5.75 Å². The number of amides is 1. The Morgan fingerprint density at radius 3 is 2.30 bits per heavy atom. The van der Waals surface area contributed by atoms with Crippen molar-refractivity contribution < 1.29 is 26.2 Å². The van der Waals surface area contributed by atoms with Crippen molar-refractivity contribution in [3.05, 3.63) is 0 Å². The molecule has 0 aliphatic heterocycles. The highest BCUT2D eigenvalue weighted by atomic mass is 32.2. The van der Waals surface area contributed by atoms with Crippen LogP contribution in [0.5, 0.6) is 0 Å². The lowest BCUT2D eigenvalue weighted by Crippen LogP contribution is -2.44. The highest BCUT2D eigenvalue weighted by molar-refractivity contribution is 7.98. The summed E-state index contributed by atoms with van der Waals surface area (Å²) in [6.45, 7) is -0.194. The quantitative estimate of drug-likeness (QED) is 0.268. The van der Waals surface area contributed by atoms with Crippen molar-refractivity contribution in [1.29, 1.82) is 0 Å². The van der Waals surface area contributed by atoms with Crippen molar-refractivity contribution in [1.82, 2.24) is 14.8 Å². The Morgan fingerprint density at radius 2 is 1.85 bits per heavy atom. The molecule has 0 aromatic carbocycles. The van der Waals surface area contributed by atoms with E-state index in [2.05, 4.69) is 10.0 Å². The summed E-state index contributed by atoms with van der Waals surface area (Å²) in [6, 6.07) is 0. The predicted octanol–water partition coefficient (Wildman–Crippen LogP) is -1.83. The first kappa shape index (κ1) is 19.6. The van der Waals surface area contributed by atoms with Gasteiger partial charge in [-0.05, 0) is 18.4 Å². The molecule has 120 valence electrons. The molecule has 0 aromatic heterocycles. The van der Waals surface area contributed by atoms with Crippen LogP contribution in [0.3, 0.4) is 0 Å². The Bertz CT molecular complexity index is 504. The lowest BCUT2D eigenvalue weighted by Gasteiger charge is -2.13. The average molecular weight is 349 g/mol. The minimum absolute atomic E-state index is 0.0198. The van der Waals surface area contributed by atoms with Gasteiger partial charge in [0.25, 0.3) is 20.3 Å². The maximum absolute atomic E-state index is 11.6. The minimum atomic E-state index is -4.48. The zero-order chi connectivity index (χ0) is 15.8. The lowest BCUT2D eigenvalue weighted by molar-refractivity contribution is -0.120. The molecule has 0 saturated carbocycles. The Morgan fingerprint density at radius 1 is 1.25 bits per heavy atom. The fourth-order valence-electron chi connectivity index (χ4n) is 1.20. The Hall–Kier alpha value is -0.400. The van der Waals surface area contributed by atoms with Crippen LogP contribution < -0.4 is 14.8 Å². The first-order valence-electron chi connectivity index (χ1n) is 5.55. The third kappa shape index (κ3) is 8.01. The number of carbonyl (C=O) groups excluding carboxylic acids is 1. The first-order valence-corrected chi connectivity index (χ1v) is 9.93. The second-order valence-electron chi connectivity index (χ2n) is 3.68. The normalized spacial score (nSPS) is 13.9. The van der Waals surface area contributed by atoms with Crippen molar-refractivity contribution in [2.75, 3.05) is 32.1 Å². The van der Waals surface area contributed by atoms with Gasteiger partial charge in [0.15, 0.2) is 5.25 Å². The van der Waals surface area contributed by atoms with Crippen molar-refractivity contribution in [2.24, 2.45) is 0 Å². The van der Waals surface area contributed by atoms with E-state index in [1.807, 2.05) is 4.72 Å². The van der Waals surface area contributed by atoms with Crippen molar-refractivity contribution in [2.45, 2.75) is 11.7 Å². The second kappa shape index (κ2) is 8.79. The minimum Gasteiger partial charge on any atom is -0.354 e. The molecule has 12 heteroatoms. The highest BCUT2D eigenvalue weighted by Crippen LogP contribution is 2.08. The van der Waals surface area contributed by atoms with Crippen molar-refractivity contribution >= 4 is 38.0 Å². The van der Waals surface area contributed by atoms with Gasteiger partial charge in [-0.1, -0.05) is 0 Å². The Labute approximate surface area is 123 Å². The summed E-state index contributed by atoms with van der Waals surface area (Å²) in [5.41, 5.74) is 0. The summed E-state index contributed by atoms with van der Waals surface area (Å²) in [5.74, 6) is -0.463. The van der Waals surface area contributed by atoms with Crippen molar-refractivity contribution in [3.8, 4) is 0 Å². The average Bonchev–Trinajstić information content (AvgIpc) is 2.33. The van der Waals surface area contributed by atoms with Crippen LogP contribution in [0.4, 0.5) is 0 Å². The van der Waals surface area contributed by atoms with E-state index < -0.39 is 31.5 Å². The van der Waals surface area contributed by atoms with E-state index in [4.69, 9.17) is 4.55 Å². The van der Waals surface area contributed by atoms with Crippen molar-refractivity contribution in [3.63, 3.8) is 0 Å². The molecule has 0 aromatic rings. The highest BCUT2D eigenvalue weighted by Gasteiger charge is 2.30. The third-order valence-electron chi connectivity index (χ3n) is 2.22. The Kier molecular flexibility index (Phi) is 8.62. The van der Waals surface area contributed by atoms with Crippen LogP contribution in [0.1, 0.15) is 6.42 Å². The molecule has 0 fully saturated rings. The van der Waals surface area contributed by atoms with Gasteiger partial charge >= 0.3 is 0 Å². The molecule has 0 radical (unpaired) electrons. The zero-order valence-electron chi connectivity index (χ0n) is 11.1. The zero-order valence-corrected chi connectivity index (χ0v) is 13.6. The van der Waals surface area contributed by atoms with E-state index in [1.165, 1.54) is 18.8 Å². The van der Waals surface area contributed by atoms with Crippen LogP contribution >= 0.6 is 11.8 Å². The van der Waals surface area contributed by atoms with Crippen LogP contribution in [0.2, 0.25) is 0 Å². The SMILES string of the molecule is CNS(=O)(=O)NCCNC(=O)C(CCSC)S(=O)(=O)O. The van der Waals surface area contributed by atoms with Gasteiger partial charge in [-0.25, -0.2) is 9.44 Å². The molecule has 0 spiro atoms. The number of hydrogen-bond acceptors (Lipinski definition) is 6. The molecule has 0 aliphatic rings. The molecule has 9 nitrogen and oxygen atoms in total. The maximum Gasteiger partial charge on any atom is 0.276 e. The summed E-state index contributed by atoms with van der Waals surface area (Å²) in [7, 11) is -6.87. The lowest BCUT2D eigenvalue weighted by atomic mass is 10.3. The van der Waals surface area contributed by atoms with E-state index in [1.54, 1.807) is 6.26 Å². The summed E-state index contributed by atoms with van der Waals surface area (Å²) in [5, 5.41) is 0.707. The maximum atomic E-state index is 11.6. The molecule has 0 rings (SSSR count). The van der Waals surface area contributed by atoms with Gasteiger partial charge in [-0.2, -0.15) is 28.6 Å². The van der Waals surface area contributed by atoms with Gasteiger partial charge in [0.1, 0.15) is 0 Å². The fourth-order valence-corrected chi connectivity index (χ4v) is 3.10. The molecule has 1 amide bonds. The van der Waals surface area contributed by atoms with Gasteiger partial charge < -0.3 is 5.32 Å². The summed E-state index contributed by atoms with van der Waals surface area (Å²) in [4.78, 5) is 11.6. The standard InChI is InChI=1S/C8H19N3O6S3/c1-9-20(16,17)11-5-4-10-8(12)7(3-6-18-2)19(13,14)15/h7,9,11H,3-6H2,1-2H3,(H,10,12)(H,13,14,15). The number of nitrogens with one attached hydrogen (secondary N) is 3. The topological polar surface area (TPSA) is 142 Å². The predicted molar refractivity (Wildman–Crippen MR) is 77.3 cm³/mol. The number of hydrogen-bond donors (Lipinski definition) is 4. The molecule has 20 heavy (non-hydrogen) atoms. The largest absolute Gasteiger partial charge is 0.354 e. The van der Waals surface area contributed by atoms with Crippen LogP contribution in [0, 0.1) is 0 Å². The molecule has 1 unspecified atom stereocenters. The monoisotopic (exact) mass is 349 g/mol. The summed E-state index contributed by atoms with van der Waals surface area (Å²) < 4.78 is 57.3. The van der Waals surface area contributed by atoms with Gasteiger partial charge in [0.2, 0.25) is 5.91 Å². The van der Waals surface area contributed by atoms with Crippen LogP contribution in [-0.4, -0.2) is 64.7 Å². The van der Waals surface area contributed by atoms with E-state index in [9.17, 15) is 21.6 Å². The van der Waals surface area contributed by atoms with Gasteiger partial charge in [-0.15, -0.1) is 0 Å². The Balaban J connectivity index is 4.35. The molecule has 0 aliphatic carbocycles. The molecule has 4 N–H and O–H groups in total. The fraction of sp³-hybridized carbons (Fsp3) is 0.875. The smallest absolute Gasteiger partial charge is 0.276 e. The second-order valence-corrected chi connectivity index (χ2v) is 7.97. The van der Waals surface area contributed by atoms with E-state index in [-0.39, 0.29) is 19.5 Å². The molecular weight excluding hydrogens is 330 g/mol. The van der Waals surface area contributed by atoms with Gasteiger partial charge in [0.05, 0.1) is 0 Å². The first-order chi connectivity index (χ1) is 9.14. The van der Waals surface area contributed by atoms with Crippen LogP contribution in [-0.2, 0) is 25.1 Å².